The number of methoxy groups -OCH3 is 1. The number of benzene rings is 1. The van der Waals surface area contributed by atoms with Gasteiger partial charge >= 0.3 is 11.9 Å². The third kappa shape index (κ3) is 3.40. The molecular weight excluding hydrogens is 326 g/mol. The van der Waals surface area contributed by atoms with E-state index in [2.05, 4.69) is 9.72 Å². The number of carbonyl (C=O) groups is 2. The molecule has 1 atom stereocenters. The molecule has 1 N–H and O–H groups in total. The molecule has 130 valence electrons. The van der Waals surface area contributed by atoms with Crippen LogP contribution in [0.5, 0.6) is 11.5 Å². The summed E-state index contributed by atoms with van der Waals surface area (Å²) in [5.41, 5.74) is 1.31. The largest absolute Gasteiger partial charge is 0.482 e. The molecule has 7 nitrogen and oxygen atoms in total. The normalized spacial score (nSPS) is 15.9. The van der Waals surface area contributed by atoms with Crippen LogP contribution in [0.3, 0.4) is 0 Å². The van der Waals surface area contributed by atoms with Gasteiger partial charge in [-0.3, -0.25) is 9.59 Å². The van der Waals surface area contributed by atoms with Crippen LogP contribution in [-0.4, -0.2) is 30.6 Å². The van der Waals surface area contributed by atoms with Crippen LogP contribution in [0.25, 0.3) is 0 Å². The summed E-state index contributed by atoms with van der Waals surface area (Å²) in [6.45, 7) is 1.45. The van der Waals surface area contributed by atoms with Gasteiger partial charge in [0, 0.05) is 23.2 Å². The lowest BCUT2D eigenvalue weighted by Gasteiger charge is -2.25. The first-order chi connectivity index (χ1) is 12.0. The highest BCUT2D eigenvalue weighted by atomic mass is 16.6. The molecule has 0 spiro atoms. The average molecular weight is 343 g/mol. The van der Waals surface area contributed by atoms with E-state index in [9.17, 15) is 14.4 Å². The second-order valence-electron chi connectivity index (χ2n) is 5.69. The molecule has 7 heteroatoms. The second kappa shape index (κ2) is 6.80. The van der Waals surface area contributed by atoms with Crippen LogP contribution in [0.1, 0.15) is 29.2 Å². The van der Waals surface area contributed by atoms with Gasteiger partial charge in [-0.05, 0) is 13.0 Å². The van der Waals surface area contributed by atoms with Crippen molar-refractivity contribution < 1.29 is 23.8 Å². The number of para-hydroxylation sites is 1. The highest BCUT2D eigenvalue weighted by Crippen LogP contribution is 2.40. The molecule has 0 fully saturated rings. The number of hydrogen-bond acceptors (Lipinski definition) is 6. The van der Waals surface area contributed by atoms with Gasteiger partial charge in [-0.1, -0.05) is 18.2 Å². The number of rotatable bonds is 4. The van der Waals surface area contributed by atoms with Crippen LogP contribution in [-0.2, 0) is 14.3 Å². The number of hydrogen-bond donors (Lipinski definition) is 1. The number of esters is 2. The van der Waals surface area contributed by atoms with Gasteiger partial charge < -0.3 is 19.2 Å². The number of H-pyrrole nitrogens is 1. The minimum atomic E-state index is -0.522. The Bertz CT molecular complexity index is 885. The van der Waals surface area contributed by atoms with Crippen molar-refractivity contribution in [3.8, 4) is 11.5 Å². The van der Waals surface area contributed by atoms with E-state index in [1.165, 1.54) is 7.11 Å². The van der Waals surface area contributed by atoms with Crippen molar-refractivity contribution in [3.63, 3.8) is 0 Å². The molecule has 0 saturated carbocycles. The number of carbonyl (C=O) groups excluding carboxylic acids is 2. The van der Waals surface area contributed by atoms with Crippen LogP contribution in [0.15, 0.2) is 35.1 Å². The van der Waals surface area contributed by atoms with Gasteiger partial charge in [-0.2, -0.15) is 0 Å². The molecule has 0 amide bonds. The molecule has 1 aliphatic rings. The number of nitrogens with one attached hydrogen (secondary N) is 1. The number of pyridine rings is 1. The maximum absolute atomic E-state index is 12.4. The summed E-state index contributed by atoms with van der Waals surface area (Å²) < 4.78 is 15.3. The highest BCUT2D eigenvalue weighted by Gasteiger charge is 2.33. The van der Waals surface area contributed by atoms with E-state index in [1.54, 1.807) is 37.3 Å². The van der Waals surface area contributed by atoms with Gasteiger partial charge in [0.25, 0.3) is 5.56 Å². The zero-order chi connectivity index (χ0) is 18.0. The molecule has 3 rings (SSSR count). The van der Waals surface area contributed by atoms with Crippen molar-refractivity contribution in [1.82, 2.24) is 4.98 Å². The van der Waals surface area contributed by atoms with E-state index in [4.69, 9.17) is 9.47 Å². The van der Waals surface area contributed by atoms with Crippen LogP contribution in [0, 0.1) is 6.92 Å². The van der Waals surface area contributed by atoms with Crippen LogP contribution >= 0.6 is 0 Å². The number of aromatic nitrogens is 1. The standard InChI is InChI=1S/C18H17NO6/c1-10-7-14-17(18(22)19-10)12(8-15(20)25-14)11-5-3-4-6-13(11)24-9-16(21)23-2/h3-7,12H,8-9H2,1-2H3,(H,19,22)/t12-/m0/s1. The number of fused-ring (bicyclic) bond motifs is 1. The highest BCUT2D eigenvalue weighted by molar-refractivity contribution is 5.78. The topological polar surface area (TPSA) is 94.7 Å². The summed E-state index contributed by atoms with van der Waals surface area (Å²) in [4.78, 5) is 38.5. The van der Waals surface area contributed by atoms with Crippen molar-refractivity contribution in [3.05, 3.63) is 57.5 Å². The first-order valence-electron chi connectivity index (χ1n) is 7.72. The number of ether oxygens (including phenoxy) is 3. The Balaban J connectivity index is 2.05. The predicted octanol–water partition coefficient (Wildman–Crippen LogP) is 1.68. The lowest BCUT2D eigenvalue weighted by Crippen LogP contribution is -2.28. The van der Waals surface area contributed by atoms with Gasteiger partial charge in [0.05, 0.1) is 19.1 Å². The fourth-order valence-corrected chi connectivity index (χ4v) is 2.88. The van der Waals surface area contributed by atoms with E-state index < -0.39 is 17.9 Å². The minimum Gasteiger partial charge on any atom is -0.482 e. The van der Waals surface area contributed by atoms with Gasteiger partial charge in [0.15, 0.2) is 6.61 Å². The zero-order valence-corrected chi connectivity index (χ0v) is 13.8. The molecule has 0 bridgehead atoms. The summed E-state index contributed by atoms with van der Waals surface area (Å²) in [6.07, 6.45) is 0.0116. The van der Waals surface area contributed by atoms with E-state index in [1.807, 2.05) is 0 Å². The van der Waals surface area contributed by atoms with E-state index >= 15 is 0 Å². The van der Waals surface area contributed by atoms with Crippen LogP contribution in [0.4, 0.5) is 0 Å². The van der Waals surface area contributed by atoms with Crippen molar-refractivity contribution in [2.75, 3.05) is 13.7 Å². The molecule has 25 heavy (non-hydrogen) atoms. The summed E-state index contributed by atoms with van der Waals surface area (Å²) >= 11 is 0. The lowest BCUT2D eigenvalue weighted by molar-refractivity contribution is -0.143. The predicted molar refractivity (Wildman–Crippen MR) is 87.8 cm³/mol. The van der Waals surface area contributed by atoms with Crippen LogP contribution < -0.4 is 15.0 Å². The first kappa shape index (κ1) is 16.8. The molecule has 2 aromatic rings. The van der Waals surface area contributed by atoms with Crippen LogP contribution in [0.2, 0.25) is 0 Å². The van der Waals surface area contributed by atoms with Crippen molar-refractivity contribution in [2.24, 2.45) is 0 Å². The molecule has 0 aliphatic carbocycles. The Morgan fingerprint density at radius 2 is 2.08 bits per heavy atom. The smallest absolute Gasteiger partial charge is 0.343 e. The van der Waals surface area contributed by atoms with Gasteiger partial charge in [0.1, 0.15) is 11.5 Å². The Kier molecular flexibility index (Phi) is 4.56. The Morgan fingerprint density at radius 1 is 1.32 bits per heavy atom. The Hall–Kier alpha value is -3.09. The van der Waals surface area contributed by atoms with Gasteiger partial charge in [0.2, 0.25) is 0 Å². The molecular formula is C18H17NO6. The third-order valence-corrected chi connectivity index (χ3v) is 3.98. The molecule has 2 heterocycles. The maximum atomic E-state index is 12.4. The van der Waals surface area contributed by atoms with Crippen molar-refractivity contribution >= 4 is 11.9 Å². The molecule has 1 aliphatic heterocycles. The van der Waals surface area contributed by atoms with Crippen molar-refractivity contribution in [1.29, 1.82) is 0 Å². The first-order valence-corrected chi connectivity index (χ1v) is 7.72. The Labute approximate surface area is 143 Å². The molecule has 0 unspecified atom stereocenters. The minimum absolute atomic E-state index is 0.0116. The SMILES string of the molecule is COC(=O)COc1ccccc1[C@@H]1CC(=O)Oc2cc(C)[nH]c(=O)c21. The molecule has 0 radical (unpaired) electrons. The Morgan fingerprint density at radius 3 is 2.84 bits per heavy atom. The average Bonchev–Trinajstić information content (AvgIpc) is 2.58. The fourth-order valence-electron chi connectivity index (χ4n) is 2.88. The second-order valence-corrected chi connectivity index (χ2v) is 5.69. The summed E-state index contributed by atoms with van der Waals surface area (Å²) in [5, 5.41) is 0. The lowest BCUT2D eigenvalue weighted by atomic mass is 9.86. The summed E-state index contributed by atoms with van der Waals surface area (Å²) in [5.74, 6) is -0.796. The zero-order valence-electron chi connectivity index (χ0n) is 13.8. The van der Waals surface area contributed by atoms with Gasteiger partial charge in [-0.25, -0.2) is 4.79 Å². The number of aryl methyl sites for hydroxylation is 1. The molecule has 0 saturated heterocycles. The van der Waals surface area contributed by atoms with Crippen molar-refractivity contribution in [2.45, 2.75) is 19.3 Å². The van der Waals surface area contributed by atoms with Gasteiger partial charge in [-0.15, -0.1) is 0 Å². The fraction of sp³-hybridized carbons (Fsp3) is 0.278. The molecule has 1 aromatic heterocycles. The van der Waals surface area contributed by atoms with E-state index in [0.717, 1.165) is 0 Å². The summed E-state index contributed by atoms with van der Waals surface area (Å²) in [7, 11) is 1.27. The monoisotopic (exact) mass is 343 g/mol. The van der Waals surface area contributed by atoms with E-state index in [0.29, 0.717) is 22.6 Å². The third-order valence-electron chi connectivity index (χ3n) is 3.98. The quantitative estimate of drug-likeness (QED) is 0.849. The summed E-state index contributed by atoms with van der Waals surface area (Å²) in [6, 6.07) is 8.60. The molecule has 1 aromatic carbocycles. The van der Waals surface area contributed by atoms with E-state index in [-0.39, 0.29) is 24.3 Å². The maximum Gasteiger partial charge on any atom is 0.343 e. The number of aromatic amines is 1.